The highest BCUT2D eigenvalue weighted by molar-refractivity contribution is 5.26. The van der Waals surface area contributed by atoms with Crippen molar-refractivity contribution in [3.63, 3.8) is 0 Å². The summed E-state index contributed by atoms with van der Waals surface area (Å²) < 4.78 is 0. The highest BCUT2D eigenvalue weighted by atomic mass is 15.2. The second-order valence-corrected chi connectivity index (χ2v) is 7.56. The number of rotatable bonds is 5. The smallest absolute Gasteiger partial charge is 0.00965 e. The fraction of sp³-hybridized carbons (Fsp3) is 0.684. The van der Waals surface area contributed by atoms with Crippen LogP contribution in [-0.2, 0) is 0 Å². The minimum atomic E-state index is 0.770. The molecule has 0 spiro atoms. The molecule has 4 rings (SSSR count). The average molecular weight is 284 g/mol. The summed E-state index contributed by atoms with van der Waals surface area (Å²) in [5, 5.41) is 3.83. The van der Waals surface area contributed by atoms with Crippen LogP contribution >= 0.6 is 0 Å². The molecule has 2 heteroatoms. The van der Waals surface area contributed by atoms with Gasteiger partial charge in [-0.3, -0.25) is 0 Å². The second kappa shape index (κ2) is 5.73. The predicted octanol–water partition coefficient (Wildman–Crippen LogP) is 3.31. The van der Waals surface area contributed by atoms with Crippen molar-refractivity contribution >= 4 is 0 Å². The van der Waals surface area contributed by atoms with E-state index in [1.807, 2.05) is 0 Å². The van der Waals surface area contributed by atoms with Gasteiger partial charge in [-0.2, -0.15) is 0 Å². The molecule has 2 nitrogen and oxygen atoms in total. The van der Waals surface area contributed by atoms with Crippen molar-refractivity contribution in [3.8, 4) is 0 Å². The number of benzene rings is 1. The van der Waals surface area contributed by atoms with E-state index in [4.69, 9.17) is 0 Å². The van der Waals surface area contributed by atoms with Crippen molar-refractivity contribution < 1.29 is 0 Å². The van der Waals surface area contributed by atoms with Crippen LogP contribution in [0.4, 0.5) is 0 Å². The summed E-state index contributed by atoms with van der Waals surface area (Å²) in [7, 11) is 0. The van der Waals surface area contributed by atoms with Gasteiger partial charge < -0.3 is 10.2 Å². The third kappa shape index (κ3) is 3.17. The molecule has 1 aromatic rings. The monoisotopic (exact) mass is 284 g/mol. The van der Waals surface area contributed by atoms with Gasteiger partial charge in [0.05, 0.1) is 0 Å². The van der Waals surface area contributed by atoms with Gasteiger partial charge in [-0.1, -0.05) is 29.8 Å². The summed E-state index contributed by atoms with van der Waals surface area (Å²) in [4.78, 5) is 2.72. The van der Waals surface area contributed by atoms with Crippen molar-refractivity contribution in [1.29, 1.82) is 0 Å². The van der Waals surface area contributed by atoms with Gasteiger partial charge in [-0.25, -0.2) is 0 Å². The van der Waals surface area contributed by atoms with E-state index in [0.717, 1.165) is 23.9 Å². The van der Waals surface area contributed by atoms with E-state index in [1.165, 1.54) is 57.3 Å². The zero-order valence-electron chi connectivity index (χ0n) is 13.2. The first-order valence-electron chi connectivity index (χ1n) is 8.82. The third-order valence-electron chi connectivity index (χ3n) is 5.76. The number of hydrogen-bond donors (Lipinski definition) is 1. The van der Waals surface area contributed by atoms with Crippen LogP contribution in [0.2, 0.25) is 0 Å². The maximum absolute atomic E-state index is 3.83. The normalized spacial score (nSPS) is 33.1. The second-order valence-electron chi connectivity index (χ2n) is 7.56. The van der Waals surface area contributed by atoms with Crippen molar-refractivity contribution in [3.05, 3.63) is 35.4 Å². The Morgan fingerprint density at radius 3 is 2.57 bits per heavy atom. The maximum Gasteiger partial charge on any atom is 0.00965 e. The van der Waals surface area contributed by atoms with E-state index in [9.17, 15) is 0 Å². The van der Waals surface area contributed by atoms with Crippen molar-refractivity contribution in [2.75, 3.05) is 19.6 Å². The molecule has 1 atom stereocenters. The van der Waals surface area contributed by atoms with Crippen molar-refractivity contribution in [1.82, 2.24) is 10.2 Å². The van der Waals surface area contributed by atoms with Crippen LogP contribution in [0, 0.1) is 12.8 Å². The van der Waals surface area contributed by atoms with Gasteiger partial charge in [0.25, 0.3) is 0 Å². The molecule has 1 unspecified atom stereocenters. The van der Waals surface area contributed by atoms with E-state index < -0.39 is 0 Å². The molecule has 0 radical (unpaired) electrons. The molecule has 1 saturated heterocycles. The topological polar surface area (TPSA) is 15.3 Å². The fourth-order valence-electron chi connectivity index (χ4n) is 4.03. The maximum atomic E-state index is 3.83. The lowest BCUT2D eigenvalue weighted by molar-refractivity contribution is 0.268. The Morgan fingerprint density at radius 2 is 1.86 bits per heavy atom. The Kier molecular flexibility index (Phi) is 3.76. The number of nitrogens with one attached hydrogen (secondary N) is 1. The molecular weight excluding hydrogens is 256 g/mol. The molecular formula is C19H28N2. The van der Waals surface area contributed by atoms with E-state index in [2.05, 4.69) is 41.4 Å². The minimum absolute atomic E-state index is 0.770. The molecule has 1 aromatic carbocycles. The molecule has 1 heterocycles. The zero-order valence-corrected chi connectivity index (χ0v) is 13.2. The van der Waals surface area contributed by atoms with Gasteiger partial charge in [0.2, 0.25) is 0 Å². The summed E-state index contributed by atoms with van der Waals surface area (Å²) >= 11 is 0. The predicted molar refractivity (Wildman–Crippen MR) is 87.6 cm³/mol. The van der Waals surface area contributed by atoms with Crippen LogP contribution in [0.3, 0.4) is 0 Å². The Labute approximate surface area is 128 Å². The summed E-state index contributed by atoms with van der Waals surface area (Å²) in [6.45, 7) is 6.12. The third-order valence-corrected chi connectivity index (χ3v) is 5.76. The molecule has 3 aliphatic rings. The van der Waals surface area contributed by atoms with Crippen LogP contribution < -0.4 is 5.32 Å². The summed E-state index contributed by atoms with van der Waals surface area (Å²) in [5.74, 6) is 1.71. The fourth-order valence-corrected chi connectivity index (χ4v) is 4.03. The van der Waals surface area contributed by atoms with Crippen LogP contribution in [0.5, 0.6) is 0 Å². The van der Waals surface area contributed by atoms with E-state index >= 15 is 0 Å². The summed E-state index contributed by atoms with van der Waals surface area (Å²) in [6.07, 6.45) is 7.00. The molecule has 0 bridgehead atoms. The Hall–Kier alpha value is -0.860. The minimum Gasteiger partial charge on any atom is -0.314 e. The lowest BCUT2D eigenvalue weighted by Crippen LogP contribution is -2.42. The Morgan fingerprint density at radius 1 is 1.10 bits per heavy atom. The number of aryl methyl sites for hydroxylation is 1. The molecule has 1 N–H and O–H groups in total. The van der Waals surface area contributed by atoms with Crippen LogP contribution in [0.15, 0.2) is 24.3 Å². The average Bonchev–Trinajstić information content (AvgIpc) is 3.19. The molecule has 0 amide bonds. The first-order valence-corrected chi connectivity index (χ1v) is 8.82. The highest BCUT2D eigenvalue weighted by Gasteiger charge is 2.35. The SMILES string of the molecule is Cc1ccc(C2CC(NCC3CCN(C4CC4)C3)C2)cc1. The molecule has 1 aliphatic heterocycles. The number of nitrogens with zero attached hydrogens (tertiary/aromatic N) is 1. The number of likely N-dealkylation sites (tertiary alicyclic amines) is 1. The van der Waals surface area contributed by atoms with Crippen molar-refractivity contribution in [2.24, 2.45) is 5.92 Å². The molecule has 0 aromatic heterocycles. The number of hydrogen-bond acceptors (Lipinski definition) is 2. The standard InChI is InChI=1S/C19H28N2/c1-14-2-4-16(5-3-14)17-10-18(11-17)20-12-15-8-9-21(13-15)19-6-7-19/h2-5,15,17-20H,6-13H2,1H3. The lowest BCUT2D eigenvalue weighted by atomic mass is 9.75. The molecule has 21 heavy (non-hydrogen) atoms. The van der Waals surface area contributed by atoms with Crippen molar-refractivity contribution in [2.45, 2.75) is 57.0 Å². The van der Waals surface area contributed by atoms with Gasteiger partial charge in [-0.05, 0) is 69.5 Å². The summed E-state index contributed by atoms with van der Waals surface area (Å²) in [5.41, 5.74) is 2.91. The van der Waals surface area contributed by atoms with E-state index in [0.29, 0.717) is 0 Å². The van der Waals surface area contributed by atoms with E-state index in [-0.39, 0.29) is 0 Å². The van der Waals surface area contributed by atoms with Crippen LogP contribution in [0.1, 0.15) is 49.1 Å². The van der Waals surface area contributed by atoms with Gasteiger partial charge in [-0.15, -0.1) is 0 Å². The summed E-state index contributed by atoms with van der Waals surface area (Å²) in [6, 6.07) is 10.9. The van der Waals surface area contributed by atoms with Gasteiger partial charge >= 0.3 is 0 Å². The molecule has 2 aliphatic carbocycles. The molecule has 2 saturated carbocycles. The van der Waals surface area contributed by atoms with Gasteiger partial charge in [0, 0.05) is 18.6 Å². The first kappa shape index (κ1) is 13.8. The Bertz CT molecular complexity index is 471. The zero-order chi connectivity index (χ0) is 14.2. The van der Waals surface area contributed by atoms with Crippen LogP contribution in [0.25, 0.3) is 0 Å². The largest absolute Gasteiger partial charge is 0.314 e. The Balaban J connectivity index is 1.18. The molecule has 3 fully saturated rings. The van der Waals surface area contributed by atoms with Crippen LogP contribution in [-0.4, -0.2) is 36.6 Å². The van der Waals surface area contributed by atoms with Gasteiger partial charge in [0.15, 0.2) is 0 Å². The molecule has 114 valence electrons. The quantitative estimate of drug-likeness (QED) is 0.892. The first-order chi connectivity index (χ1) is 10.3. The van der Waals surface area contributed by atoms with E-state index in [1.54, 1.807) is 5.56 Å². The highest BCUT2D eigenvalue weighted by Crippen LogP contribution is 2.37. The lowest BCUT2D eigenvalue weighted by Gasteiger charge is -2.37. The van der Waals surface area contributed by atoms with Gasteiger partial charge in [0.1, 0.15) is 0 Å².